The molecule has 182 valence electrons. The summed E-state index contributed by atoms with van der Waals surface area (Å²) in [5, 5.41) is 3.65. The number of hydrogen-bond acceptors (Lipinski definition) is 6. The lowest BCUT2D eigenvalue weighted by Crippen LogP contribution is -2.29. The normalized spacial score (nSPS) is 20.4. The van der Waals surface area contributed by atoms with Gasteiger partial charge < -0.3 is 19.5 Å². The summed E-state index contributed by atoms with van der Waals surface area (Å²) in [4.78, 5) is 0.243. The van der Waals surface area contributed by atoms with Crippen molar-refractivity contribution in [3.8, 4) is 17.2 Å². The highest BCUT2D eigenvalue weighted by atomic mass is 32.2. The van der Waals surface area contributed by atoms with Gasteiger partial charge >= 0.3 is 0 Å². The second-order valence-electron chi connectivity index (χ2n) is 8.65. The van der Waals surface area contributed by atoms with Gasteiger partial charge in [0.15, 0.2) is 11.5 Å². The predicted octanol–water partition coefficient (Wildman–Crippen LogP) is 5.34. The number of ether oxygens (including phenoxy) is 3. The van der Waals surface area contributed by atoms with Crippen LogP contribution in [-0.2, 0) is 10.0 Å². The minimum absolute atomic E-state index is 0.0129. The highest BCUT2D eigenvalue weighted by molar-refractivity contribution is 7.92. The zero-order valence-corrected chi connectivity index (χ0v) is 20.6. The van der Waals surface area contributed by atoms with E-state index in [2.05, 4.69) is 22.2 Å². The van der Waals surface area contributed by atoms with Gasteiger partial charge in [-0.15, -0.1) is 0 Å². The smallest absolute Gasteiger partial charge is 0.261 e. The van der Waals surface area contributed by atoms with Gasteiger partial charge in [-0.05, 0) is 65.9 Å². The second-order valence-corrected chi connectivity index (χ2v) is 10.3. The molecular formula is C27H28N2O5S. The molecule has 8 heteroatoms. The fourth-order valence-corrected chi connectivity index (χ4v) is 6.16. The molecule has 0 saturated heterocycles. The van der Waals surface area contributed by atoms with Crippen LogP contribution in [0.4, 0.5) is 11.4 Å². The zero-order valence-electron chi connectivity index (χ0n) is 19.8. The first-order valence-corrected chi connectivity index (χ1v) is 12.9. The van der Waals surface area contributed by atoms with Crippen LogP contribution in [-0.4, -0.2) is 29.7 Å². The predicted molar refractivity (Wildman–Crippen MR) is 136 cm³/mol. The van der Waals surface area contributed by atoms with Crippen molar-refractivity contribution < 1.29 is 22.6 Å². The Balaban J connectivity index is 1.51. The molecular weight excluding hydrogens is 464 g/mol. The number of para-hydroxylation sites is 1. The van der Waals surface area contributed by atoms with E-state index in [0.29, 0.717) is 22.9 Å². The third kappa shape index (κ3) is 4.18. The molecule has 5 rings (SSSR count). The molecule has 2 N–H and O–H groups in total. The summed E-state index contributed by atoms with van der Waals surface area (Å²) >= 11 is 0. The number of anilines is 2. The van der Waals surface area contributed by atoms with E-state index in [1.54, 1.807) is 57.7 Å². The number of nitrogens with one attached hydrogen (secondary N) is 2. The molecule has 0 aromatic heterocycles. The molecule has 0 saturated carbocycles. The molecule has 0 unspecified atom stereocenters. The van der Waals surface area contributed by atoms with Crippen LogP contribution in [0.3, 0.4) is 0 Å². The lowest BCUT2D eigenvalue weighted by Gasteiger charge is -2.38. The third-order valence-corrected chi connectivity index (χ3v) is 8.10. The van der Waals surface area contributed by atoms with Gasteiger partial charge in [0, 0.05) is 17.3 Å². The molecule has 1 heterocycles. The summed E-state index contributed by atoms with van der Waals surface area (Å²) in [6.45, 7) is 0. The Morgan fingerprint density at radius 2 is 1.63 bits per heavy atom. The first kappa shape index (κ1) is 23.1. The fraction of sp³-hybridized carbons (Fsp3) is 0.259. The highest BCUT2D eigenvalue weighted by Crippen LogP contribution is 2.52. The molecule has 0 bridgehead atoms. The van der Waals surface area contributed by atoms with E-state index in [1.165, 1.54) is 0 Å². The average Bonchev–Trinajstić information content (AvgIpc) is 3.37. The van der Waals surface area contributed by atoms with Crippen molar-refractivity contribution in [2.45, 2.75) is 23.3 Å². The molecule has 0 spiro atoms. The van der Waals surface area contributed by atoms with Crippen LogP contribution >= 0.6 is 0 Å². The first-order chi connectivity index (χ1) is 16.9. The van der Waals surface area contributed by atoms with E-state index in [9.17, 15) is 8.42 Å². The van der Waals surface area contributed by atoms with Crippen LogP contribution in [0.1, 0.15) is 29.5 Å². The Kier molecular flexibility index (Phi) is 6.06. The molecule has 3 aromatic carbocycles. The molecule has 1 aliphatic heterocycles. The molecule has 2 aliphatic rings. The second kappa shape index (κ2) is 9.19. The number of sulfonamides is 1. The Hall–Kier alpha value is -3.65. The van der Waals surface area contributed by atoms with Gasteiger partial charge in [0.25, 0.3) is 10.0 Å². The molecule has 0 radical (unpaired) electrons. The Bertz CT molecular complexity index is 1350. The van der Waals surface area contributed by atoms with Gasteiger partial charge in [-0.1, -0.05) is 30.4 Å². The standard InChI is InChI=1S/C27H28N2O5S/c1-32-24-14-17(15-25(33-2)27(24)34-3)26-21-11-7-10-20(21)22-16-19(12-13-23(22)28-26)35(30,31)29-18-8-5-4-6-9-18/h4-10,12-16,20-21,26,28-29H,11H2,1-3H3/t20-,21+,26+/m0/s1. The molecule has 1 aliphatic carbocycles. The van der Waals surface area contributed by atoms with Crippen LogP contribution in [0, 0.1) is 5.92 Å². The van der Waals surface area contributed by atoms with Gasteiger partial charge in [0.2, 0.25) is 5.75 Å². The van der Waals surface area contributed by atoms with Crippen LogP contribution in [0.5, 0.6) is 17.2 Å². The fourth-order valence-electron chi connectivity index (χ4n) is 5.07. The summed E-state index contributed by atoms with van der Waals surface area (Å²) in [7, 11) is 1.09. The van der Waals surface area contributed by atoms with Crippen LogP contribution < -0.4 is 24.2 Å². The number of rotatable bonds is 7. The number of fused-ring (bicyclic) bond motifs is 3. The molecule has 3 atom stereocenters. The minimum Gasteiger partial charge on any atom is -0.493 e. The lowest BCUT2D eigenvalue weighted by atomic mass is 9.77. The van der Waals surface area contributed by atoms with Gasteiger partial charge in [-0.25, -0.2) is 8.42 Å². The van der Waals surface area contributed by atoms with Crippen LogP contribution in [0.15, 0.2) is 77.7 Å². The lowest BCUT2D eigenvalue weighted by molar-refractivity contribution is 0.322. The first-order valence-electron chi connectivity index (χ1n) is 11.4. The number of benzene rings is 3. The molecule has 7 nitrogen and oxygen atoms in total. The van der Waals surface area contributed by atoms with Crippen LogP contribution in [0.25, 0.3) is 0 Å². The molecule has 0 amide bonds. The summed E-state index contributed by atoms with van der Waals surface area (Å²) < 4.78 is 45.4. The van der Waals surface area contributed by atoms with Crippen molar-refractivity contribution in [3.05, 3.63) is 83.9 Å². The van der Waals surface area contributed by atoms with Gasteiger partial charge in [-0.2, -0.15) is 0 Å². The van der Waals surface area contributed by atoms with E-state index in [-0.39, 0.29) is 22.8 Å². The maximum Gasteiger partial charge on any atom is 0.261 e. The van der Waals surface area contributed by atoms with E-state index in [1.807, 2.05) is 24.3 Å². The van der Waals surface area contributed by atoms with Crippen molar-refractivity contribution in [1.29, 1.82) is 0 Å². The quantitative estimate of drug-likeness (QED) is 0.433. The van der Waals surface area contributed by atoms with Gasteiger partial charge in [-0.3, -0.25) is 4.72 Å². The maximum atomic E-state index is 13.1. The van der Waals surface area contributed by atoms with Crippen molar-refractivity contribution in [2.24, 2.45) is 5.92 Å². The molecule has 0 fully saturated rings. The Morgan fingerprint density at radius 3 is 2.29 bits per heavy atom. The largest absolute Gasteiger partial charge is 0.493 e. The van der Waals surface area contributed by atoms with Crippen molar-refractivity contribution in [1.82, 2.24) is 0 Å². The molecule has 3 aromatic rings. The topological polar surface area (TPSA) is 85.9 Å². The summed E-state index contributed by atoms with van der Waals surface area (Å²) in [6.07, 6.45) is 5.22. The average molecular weight is 493 g/mol. The maximum absolute atomic E-state index is 13.1. The number of methoxy groups -OCH3 is 3. The summed E-state index contributed by atoms with van der Waals surface area (Å²) in [5.74, 6) is 2.06. The van der Waals surface area contributed by atoms with Crippen LogP contribution in [0.2, 0.25) is 0 Å². The SMILES string of the molecule is COc1cc([C@H]2Nc3ccc(S(=O)(=O)Nc4ccccc4)cc3[C@H]3C=CC[C@H]32)cc(OC)c1OC. The van der Waals surface area contributed by atoms with Crippen molar-refractivity contribution in [3.63, 3.8) is 0 Å². The van der Waals surface area contributed by atoms with E-state index in [0.717, 1.165) is 23.2 Å². The summed E-state index contributed by atoms with van der Waals surface area (Å²) in [5.41, 5.74) is 3.44. The van der Waals surface area contributed by atoms with Crippen molar-refractivity contribution in [2.75, 3.05) is 31.4 Å². The Morgan fingerprint density at radius 1 is 0.914 bits per heavy atom. The zero-order chi connectivity index (χ0) is 24.6. The highest BCUT2D eigenvalue weighted by Gasteiger charge is 2.39. The summed E-state index contributed by atoms with van der Waals surface area (Å²) in [6, 6.07) is 18.1. The van der Waals surface area contributed by atoms with Gasteiger partial charge in [0.05, 0.1) is 32.3 Å². The monoisotopic (exact) mass is 492 g/mol. The van der Waals surface area contributed by atoms with E-state index in [4.69, 9.17) is 14.2 Å². The number of hydrogen-bond donors (Lipinski definition) is 2. The van der Waals surface area contributed by atoms with E-state index < -0.39 is 10.0 Å². The Labute approximate surface area is 205 Å². The van der Waals surface area contributed by atoms with Crippen molar-refractivity contribution >= 4 is 21.4 Å². The third-order valence-electron chi connectivity index (χ3n) is 6.72. The minimum atomic E-state index is -3.72. The molecule has 35 heavy (non-hydrogen) atoms. The number of allylic oxidation sites excluding steroid dienone is 2. The van der Waals surface area contributed by atoms with E-state index >= 15 is 0 Å². The van der Waals surface area contributed by atoms with Gasteiger partial charge in [0.1, 0.15) is 0 Å².